The third-order valence-electron chi connectivity index (χ3n) is 4.02. The van der Waals surface area contributed by atoms with Crippen molar-refractivity contribution in [2.45, 2.75) is 13.8 Å². The van der Waals surface area contributed by atoms with Crippen molar-refractivity contribution in [3.63, 3.8) is 0 Å². The molecule has 0 saturated heterocycles. The van der Waals surface area contributed by atoms with E-state index in [9.17, 15) is 4.79 Å². The number of nitrogens with zero attached hydrogens (tertiary/aromatic N) is 3. The van der Waals surface area contributed by atoms with Gasteiger partial charge in [0.05, 0.1) is 22.9 Å². The van der Waals surface area contributed by atoms with Crippen molar-refractivity contribution in [3.8, 4) is 0 Å². The lowest BCUT2D eigenvalue weighted by Crippen LogP contribution is -2.16. The molecule has 5 nitrogen and oxygen atoms in total. The summed E-state index contributed by atoms with van der Waals surface area (Å²) in [4.78, 5) is 17.5. The highest BCUT2D eigenvalue weighted by atomic mass is 16.2. The van der Waals surface area contributed by atoms with Crippen molar-refractivity contribution in [1.29, 1.82) is 0 Å². The van der Waals surface area contributed by atoms with E-state index in [4.69, 9.17) is 0 Å². The van der Waals surface area contributed by atoms with Gasteiger partial charge in [-0.05, 0) is 32.0 Å². The minimum absolute atomic E-state index is 0.211. The Balaban J connectivity index is 0.000000706. The van der Waals surface area contributed by atoms with Crippen LogP contribution < -0.4 is 5.32 Å². The quantitative estimate of drug-likeness (QED) is 0.381. The van der Waals surface area contributed by atoms with Gasteiger partial charge in [0.15, 0.2) is 0 Å². The summed E-state index contributed by atoms with van der Waals surface area (Å²) in [7, 11) is 0. The van der Waals surface area contributed by atoms with Gasteiger partial charge in [0.1, 0.15) is 5.69 Å². The van der Waals surface area contributed by atoms with E-state index in [1.54, 1.807) is 29.2 Å². The number of carbonyl (C=O) groups excluding carboxylic acids is 1. The number of nitrogens with one attached hydrogen (secondary N) is 1. The van der Waals surface area contributed by atoms with Gasteiger partial charge in [-0.1, -0.05) is 48.6 Å². The van der Waals surface area contributed by atoms with E-state index in [0.29, 0.717) is 5.69 Å². The SMILES string of the molecule is C/C=C/n1nccc1C(=O)Nc1c2ccccc2nc2ccccc12.C=CC. The maximum absolute atomic E-state index is 12.8. The molecule has 1 N–H and O–H groups in total. The summed E-state index contributed by atoms with van der Waals surface area (Å²) >= 11 is 0. The zero-order valence-corrected chi connectivity index (χ0v) is 16.0. The number of para-hydroxylation sites is 2. The molecule has 0 radical (unpaired) electrons. The fraction of sp³-hybridized carbons (Fsp3) is 0.0870. The third kappa shape index (κ3) is 3.83. The third-order valence-corrected chi connectivity index (χ3v) is 4.02. The molecule has 2 heterocycles. The van der Waals surface area contributed by atoms with Crippen molar-refractivity contribution >= 4 is 39.6 Å². The number of fused-ring (bicyclic) bond motifs is 2. The number of amides is 1. The summed E-state index contributed by atoms with van der Waals surface area (Å²) in [5, 5.41) is 9.02. The second kappa shape index (κ2) is 8.77. The summed E-state index contributed by atoms with van der Waals surface area (Å²) in [6.45, 7) is 7.13. The monoisotopic (exact) mass is 370 g/mol. The number of allylic oxidation sites excluding steroid dienone is 2. The number of pyridine rings is 1. The molecular formula is C23H22N4O. The molecule has 0 spiro atoms. The summed E-state index contributed by atoms with van der Waals surface area (Å²) in [6, 6.07) is 17.3. The van der Waals surface area contributed by atoms with Crippen molar-refractivity contribution in [3.05, 3.63) is 85.2 Å². The molecule has 0 aliphatic heterocycles. The second-order valence-electron chi connectivity index (χ2n) is 6.03. The molecule has 28 heavy (non-hydrogen) atoms. The Kier molecular flexibility index (Phi) is 5.97. The number of rotatable bonds is 3. The van der Waals surface area contributed by atoms with E-state index >= 15 is 0 Å². The Bertz CT molecular complexity index is 1100. The highest BCUT2D eigenvalue weighted by molar-refractivity contribution is 6.15. The zero-order chi connectivity index (χ0) is 19.9. The molecule has 140 valence electrons. The lowest BCUT2D eigenvalue weighted by Gasteiger charge is -2.12. The molecule has 0 fully saturated rings. The molecule has 2 aromatic carbocycles. The Morgan fingerprint density at radius 3 is 2.14 bits per heavy atom. The Morgan fingerprint density at radius 1 is 1.00 bits per heavy atom. The van der Waals surface area contributed by atoms with Crippen LogP contribution >= 0.6 is 0 Å². The van der Waals surface area contributed by atoms with Crippen LogP contribution in [0.3, 0.4) is 0 Å². The minimum Gasteiger partial charge on any atom is -0.319 e. The highest BCUT2D eigenvalue weighted by Crippen LogP contribution is 2.30. The van der Waals surface area contributed by atoms with Crippen molar-refractivity contribution in [2.24, 2.45) is 0 Å². The summed E-state index contributed by atoms with van der Waals surface area (Å²) in [5.74, 6) is -0.211. The van der Waals surface area contributed by atoms with Gasteiger partial charge in [-0.3, -0.25) is 4.79 Å². The van der Waals surface area contributed by atoms with Gasteiger partial charge in [0.2, 0.25) is 0 Å². The van der Waals surface area contributed by atoms with Gasteiger partial charge in [0, 0.05) is 17.0 Å². The van der Waals surface area contributed by atoms with Gasteiger partial charge in [0.25, 0.3) is 5.91 Å². The first kappa shape index (κ1) is 19.0. The van der Waals surface area contributed by atoms with E-state index in [1.807, 2.05) is 68.5 Å². The van der Waals surface area contributed by atoms with E-state index in [-0.39, 0.29) is 5.91 Å². The van der Waals surface area contributed by atoms with E-state index in [1.165, 1.54) is 0 Å². The average Bonchev–Trinajstić information content (AvgIpc) is 3.17. The number of benzene rings is 2. The standard InChI is InChI=1S/C20H16N4O.C3H6/c1-2-13-24-18(11-12-21-24)20(25)23-19-14-7-3-5-9-16(14)22-17-10-6-4-8-15(17)19;1-3-2/h2-13H,1H3,(H,22,23,25);3H,1H2,2H3/b13-2+;. The van der Waals surface area contributed by atoms with Crippen molar-refractivity contribution < 1.29 is 4.79 Å². The molecular weight excluding hydrogens is 348 g/mol. The van der Waals surface area contributed by atoms with Crippen LogP contribution in [-0.2, 0) is 0 Å². The molecule has 0 saturated carbocycles. The number of anilines is 1. The maximum atomic E-state index is 12.8. The largest absolute Gasteiger partial charge is 0.319 e. The maximum Gasteiger partial charge on any atom is 0.274 e. The van der Waals surface area contributed by atoms with Crippen LogP contribution in [0.5, 0.6) is 0 Å². The predicted octanol–water partition coefficient (Wildman–Crippen LogP) is 5.52. The first-order chi connectivity index (χ1) is 13.7. The van der Waals surface area contributed by atoms with E-state index in [2.05, 4.69) is 22.0 Å². The molecule has 4 rings (SSSR count). The molecule has 0 unspecified atom stereocenters. The van der Waals surface area contributed by atoms with Crippen LogP contribution in [0.25, 0.3) is 28.0 Å². The second-order valence-corrected chi connectivity index (χ2v) is 6.03. The highest BCUT2D eigenvalue weighted by Gasteiger charge is 2.15. The van der Waals surface area contributed by atoms with Crippen LogP contribution in [0, 0.1) is 0 Å². The fourth-order valence-electron chi connectivity index (χ4n) is 2.91. The van der Waals surface area contributed by atoms with Crippen LogP contribution in [-0.4, -0.2) is 20.7 Å². The van der Waals surface area contributed by atoms with Crippen LogP contribution in [0.2, 0.25) is 0 Å². The molecule has 5 heteroatoms. The van der Waals surface area contributed by atoms with Gasteiger partial charge in [-0.2, -0.15) is 5.10 Å². The number of carbonyl (C=O) groups is 1. The van der Waals surface area contributed by atoms with Gasteiger partial charge >= 0.3 is 0 Å². The lowest BCUT2D eigenvalue weighted by atomic mass is 10.1. The molecule has 0 bridgehead atoms. The Labute approximate surface area is 164 Å². The van der Waals surface area contributed by atoms with Crippen molar-refractivity contribution in [2.75, 3.05) is 5.32 Å². The van der Waals surface area contributed by atoms with Crippen molar-refractivity contribution in [1.82, 2.24) is 14.8 Å². The van der Waals surface area contributed by atoms with Crippen LogP contribution in [0.1, 0.15) is 24.3 Å². The number of hydrogen-bond donors (Lipinski definition) is 1. The van der Waals surface area contributed by atoms with Gasteiger partial charge in [-0.15, -0.1) is 6.58 Å². The lowest BCUT2D eigenvalue weighted by molar-refractivity contribution is 0.102. The molecule has 0 atom stereocenters. The van der Waals surface area contributed by atoms with Gasteiger partial charge < -0.3 is 5.32 Å². The minimum atomic E-state index is -0.211. The molecule has 4 aromatic rings. The molecule has 1 amide bonds. The first-order valence-corrected chi connectivity index (χ1v) is 9.01. The summed E-state index contributed by atoms with van der Waals surface area (Å²) < 4.78 is 1.56. The van der Waals surface area contributed by atoms with Gasteiger partial charge in [-0.25, -0.2) is 9.67 Å². The summed E-state index contributed by atoms with van der Waals surface area (Å²) in [6.07, 6.45) is 6.94. The number of aromatic nitrogens is 3. The number of hydrogen-bond acceptors (Lipinski definition) is 3. The fourth-order valence-corrected chi connectivity index (χ4v) is 2.91. The Hall–Kier alpha value is -3.73. The summed E-state index contributed by atoms with van der Waals surface area (Å²) in [5.41, 5.74) is 2.93. The zero-order valence-electron chi connectivity index (χ0n) is 16.0. The van der Waals surface area contributed by atoms with Crippen LogP contribution in [0.15, 0.2) is 79.5 Å². The van der Waals surface area contributed by atoms with E-state index in [0.717, 1.165) is 27.5 Å². The topological polar surface area (TPSA) is 59.8 Å². The smallest absolute Gasteiger partial charge is 0.274 e. The molecule has 0 aliphatic rings. The predicted molar refractivity (Wildman–Crippen MR) is 116 cm³/mol. The normalized spacial score (nSPS) is 10.6. The molecule has 2 aromatic heterocycles. The Morgan fingerprint density at radius 2 is 1.57 bits per heavy atom. The first-order valence-electron chi connectivity index (χ1n) is 9.01. The van der Waals surface area contributed by atoms with Crippen LogP contribution in [0.4, 0.5) is 5.69 Å². The molecule has 0 aliphatic carbocycles. The van der Waals surface area contributed by atoms with E-state index < -0.39 is 0 Å². The average molecular weight is 370 g/mol.